The van der Waals surface area contributed by atoms with Crippen molar-refractivity contribution in [3.63, 3.8) is 0 Å². The Bertz CT molecular complexity index is 966. The number of amides is 2. The average Bonchev–Trinajstić information content (AvgIpc) is 3.16. The van der Waals surface area contributed by atoms with Crippen molar-refractivity contribution in [1.29, 1.82) is 0 Å². The van der Waals surface area contributed by atoms with E-state index in [1.54, 1.807) is 0 Å². The van der Waals surface area contributed by atoms with Gasteiger partial charge < -0.3 is 30.7 Å². The molecule has 1 aliphatic rings. The number of carbonyl (C=O) groups is 2. The van der Waals surface area contributed by atoms with E-state index >= 15 is 0 Å². The number of aryl methyl sites for hydroxylation is 1. The second-order valence-electron chi connectivity index (χ2n) is 7.94. The van der Waals surface area contributed by atoms with E-state index in [0.29, 0.717) is 50.1 Å². The van der Waals surface area contributed by atoms with Gasteiger partial charge in [0.05, 0.1) is 24.8 Å². The summed E-state index contributed by atoms with van der Waals surface area (Å²) in [6.07, 6.45) is 1.32. The number of fused-ring (bicyclic) bond motifs is 1. The van der Waals surface area contributed by atoms with Crippen molar-refractivity contribution in [3.05, 3.63) is 47.0 Å². The van der Waals surface area contributed by atoms with Gasteiger partial charge in [-0.05, 0) is 49.6 Å². The van der Waals surface area contributed by atoms with Gasteiger partial charge in [0.2, 0.25) is 0 Å². The number of hydrogen-bond acceptors (Lipinski definition) is 7. The largest absolute Gasteiger partial charge is 0.450 e. The molecule has 9 heteroatoms. The number of hydrogen-bond donors (Lipinski definition) is 4. The molecular formula is C24H33N5O4. The van der Waals surface area contributed by atoms with Crippen LogP contribution in [0.1, 0.15) is 48.2 Å². The van der Waals surface area contributed by atoms with Crippen molar-refractivity contribution in [2.24, 2.45) is 0 Å². The third kappa shape index (κ3) is 7.08. The molecule has 0 radical (unpaired) electrons. The van der Waals surface area contributed by atoms with Crippen LogP contribution in [-0.4, -0.2) is 49.4 Å². The predicted molar refractivity (Wildman–Crippen MR) is 128 cm³/mol. The maximum Gasteiger partial charge on any atom is 0.407 e. The van der Waals surface area contributed by atoms with Gasteiger partial charge in [0.15, 0.2) is 0 Å². The molecule has 2 amide bonds. The number of anilines is 3. The predicted octanol–water partition coefficient (Wildman–Crippen LogP) is 3.72. The molecule has 33 heavy (non-hydrogen) atoms. The van der Waals surface area contributed by atoms with Crippen LogP contribution in [0.25, 0.3) is 0 Å². The lowest BCUT2D eigenvalue weighted by atomic mass is 10.1. The SMILES string of the molecule is CCCCOC(=O)NC(CNc1cc2c(c(Nc3cccc(C)c3)n1)C(=O)NC2)COCC. The topological polar surface area (TPSA) is 114 Å². The molecule has 0 saturated heterocycles. The van der Waals surface area contributed by atoms with Crippen LogP contribution in [0.15, 0.2) is 30.3 Å². The molecule has 0 bridgehead atoms. The van der Waals surface area contributed by atoms with E-state index in [1.165, 1.54) is 0 Å². The zero-order valence-corrected chi connectivity index (χ0v) is 19.5. The highest BCUT2D eigenvalue weighted by Crippen LogP contribution is 2.28. The van der Waals surface area contributed by atoms with Crippen LogP contribution in [-0.2, 0) is 16.0 Å². The van der Waals surface area contributed by atoms with Crippen LogP contribution >= 0.6 is 0 Å². The fourth-order valence-electron chi connectivity index (χ4n) is 3.45. The highest BCUT2D eigenvalue weighted by molar-refractivity contribution is 6.03. The smallest absolute Gasteiger partial charge is 0.407 e. The molecule has 1 aromatic carbocycles. The first-order chi connectivity index (χ1) is 16.0. The fourth-order valence-corrected chi connectivity index (χ4v) is 3.45. The minimum absolute atomic E-state index is 0.148. The summed E-state index contributed by atoms with van der Waals surface area (Å²) in [7, 11) is 0. The van der Waals surface area contributed by atoms with E-state index in [0.717, 1.165) is 29.7 Å². The maximum absolute atomic E-state index is 12.4. The van der Waals surface area contributed by atoms with Crippen LogP contribution in [0.4, 0.5) is 22.1 Å². The first-order valence-electron chi connectivity index (χ1n) is 11.4. The monoisotopic (exact) mass is 455 g/mol. The Hall–Kier alpha value is -3.33. The van der Waals surface area contributed by atoms with Crippen molar-refractivity contribution in [2.45, 2.75) is 46.2 Å². The van der Waals surface area contributed by atoms with Crippen molar-refractivity contribution >= 4 is 29.3 Å². The second-order valence-corrected chi connectivity index (χ2v) is 7.94. The van der Waals surface area contributed by atoms with Crippen molar-refractivity contribution < 1.29 is 19.1 Å². The minimum atomic E-state index is -0.464. The fraction of sp³-hybridized carbons (Fsp3) is 0.458. The Balaban J connectivity index is 1.72. The standard InChI is InChI=1S/C24H33N5O4/c1-4-6-10-33-24(31)28-19(15-32-5-2)14-25-20-12-17-13-26-23(30)21(17)22(29-20)27-18-9-7-8-16(3)11-18/h7-9,11-12,19H,4-6,10,13-15H2,1-3H3,(H,26,30)(H,28,31)(H2,25,27,29). The lowest BCUT2D eigenvalue weighted by molar-refractivity contribution is 0.0966. The lowest BCUT2D eigenvalue weighted by Crippen LogP contribution is -2.43. The molecule has 0 aliphatic carbocycles. The Kier molecular flexibility index (Phi) is 8.88. The van der Waals surface area contributed by atoms with Crippen LogP contribution in [0.2, 0.25) is 0 Å². The molecule has 1 aromatic heterocycles. The lowest BCUT2D eigenvalue weighted by Gasteiger charge is -2.20. The zero-order valence-electron chi connectivity index (χ0n) is 19.5. The summed E-state index contributed by atoms with van der Waals surface area (Å²) < 4.78 is 10.7. The van der Waals surface area contributed by atoms with E-state index in [1.807, 2.05) is 51.1 Å². The summed E-state index contributed by atoms with van der Waals surface area (Å²) in [5, 5.41) is 12.2. The number of carbonyl (C=O) groups excluding carboxylic acids is 2. The van der Waals surface area contributed by atoms with Gasteiger partial charge in [-0.25, -0.2) is 9.78 Å². The molecular weight excluding hydrogens is 422 g/mol. The van der Waals surface area contributed by atoms with Gasteiger partial charge in [0, 0.05) is 25.4 Å². The van der Waals surface area contributed by atoms with Crippen LogP contribution in [0.3, 0.4) is 0 Å². The van der Waals surface area contributed by atoms with E-state index in [9.17, 15) is 9.59 Å². The summed E-state index contributed by atoms with van der Waals surface area (Å²) in [6.45, 7) is 8.05. The summed E-state index contributed by atoms with van der Waals surface area (Å²) in [4.78, 5) is 29.1. The summed E-state index contributed by atoms with van der Waals surface area (Å²) in [6, 6.07) is 9.43. The maximum atomic E-state index is 12.4. The van der Waals surface area contributed by atoms with Gasteiger partial charge in [0.25, 0.3) is 5.91 Å². The molecule has 0 spiro atoms. The number of unbranched alkanes of at least 4 members (excludes halogenated alkanes) is 1. The van der Waals surface area contributed by atoms with Gasteiger partial charge in [0.1, 0.15) is 11.6 Å². The number of aromatic nitrogens is 1. The molecule has 1 unspecified atom stereocenters. The Labute approximate surface area is 194 Å². The molecule has 1 aliphatic heterocycles. The second kappa shape index (κ2) is 12.1. The van der Waals surface area contributed by atoms with Gasteiger partial charge >= 0.3 is 6.09 Å². The first-order valence-corrected chi connectivity index (χ1v) is 11.4. The van der Waals surface area contributed by atoms with Crippen LogP contribution < -0.4 is 21.3 Å². The number of nitrogens with one attached hydrogen (secondary N) is 4. The number of ether oxygens (including phenoxy) is 2. The minimum Gasteiger partial charge on any atom is -0.450 e. The third-order valence-corrected chi connectivity index (χ3v) is 5.15. The summed E-state index contributed by atoms with van der Waals surface area (Å²) >= 11 is 0. The molecule has 9 nitrogen and oxygen atoms in total. The van der Waals surface area contributed by atoms with Gasteiger partial charge in [-0.2, -0.15) is 0 Å². The van der Waals surface area contributed by atoms with Gasteiger partial charge in [-0.15, -0.1) is 0 Å². The molecule has 1 atom stereocenters. The summed E-state index contributed by atoms with van der Waals surface area (Å²) in [5.74, 6) is 0.942. The molecule has 3 rings (SSSR count). The number of benzene rings is 1. The molecule has 2 aromatic rings. The van der Waals surface area contributed by atoms with E-state index < -0.39 is 6.09 Å². The third-order valence-electron chi connectivity index (χ3n) is 5.15. The van der Waals surface area contributed by atoms with E-state index in [2.05, 4.69) is 26.3 Å². The Morgan fingerprint density at radius 2 is 2.12 bits per heavy atom. The van der Waals surface area contributed by atoms with Gasteiger partial charge in [-0.3, -0.25) is 4.79 Å². The molecule has 2 heterocycles. The zero-order chi connectivity index (χ0) is 23.6. The first kappa shape index (κ1) is 24.3. The number of pyridine rings is 1. The molecule has 4 N–H and O–H groups in total. The quantitative estimate of drug-likeness (QED) is 0.361. The van der Waals surface area contributed by atoms with E-state index in [4.69, 9.17) is 9.47 Å². The van der Waals surface area contributed by atoms with E-state index in [-0.39, 0.29) is 11.9 Å². The summed E-state index contributed by atoms with van der Waals surface area (Å²) in [5.41, 5.74) is 3.37. The number of rotatable bonds is 12. The molecule has 178 valence electrons. The van der Waals surface area contributed by atoms with Crippen LogP contribution in [0.5, 0.6) is 0 Å². The average molecular weight is 456 g/mol. The Morgan fingerprint density at radius 3 is 2.88 bits per heavy atom. The van der Waals surface area contributed by atoms with Crippen molar-refractivity contribution in [1.82, 2.24) is 15.6 Å². The Morgan fingerprint density at radius 1 is 1.27 bits per heavy atom. The van der Waals surface area contributed by atoms with Crippen molar-refractivity contribution in [2.75, 3.05) is 37.0 Å². The normalized spacial score (nSPS) is 13.1. The van der Waals surface area contributed by atoms with Gasteiger partial charge in [-0.1, -0.05) is 25.5 Å². The highest BCUT2D eigenvalue weighted by Gasteiger charge is 2.25. The molecule has 0 fully saturated rings. The molecule has 0 saturated carbocycles. The number of nitrogens with zero attached hydrogens (tertiary/aromatic N) is 1. The van der Waals surface area contributed by atoms with Crippen molar-refractivity contribution in [3.8, 4) is 0 Å². The number of alkyl carbamates (subject to hydrolysis) is 1. The highest BCUT2D eigenvalue weighted by atomic mass is 16.5. The van der Waals surface area contributed by atoms with Crippen LogP contribution in [0, 0.1) is 6.92 Å².